The van der Waals surface area contributed by atoms with E-state index in [0.717, 1.165) is 28.8 Å². The van der Waals surface area contributed by atoms with Gasteiger partial charge >= 0.3 is 0 Å². The van der Waals surface area contributed by atoms with E-state index in [9.17, 15) is 0 Å². The van der Waals surface area contributed by atoms with Gasteiger partial charge in [-0.3, -0.25) is 0 Å². The number of aromatic nitrogens is 1. The Morgan fingerprint density at radius 3 is 2.47 bits per heavy atom. The molecule has 1 aliphatic carbocycles. The Hall–Kier alpha value is -3.58. The molecule has 1 atom stereocenters. The average Bonchev–Trinajstić information content (AvgIpc) is 3.24. The number of fused-ring (bicyclic) bond motifs is 1. The SMILES string of the molecule is C=C/C=C\CCC(C=C)n1/c(=C/C=C)c(=C)c2ccc(C3=CC(C=C)=C(/C=C\C)C3(C)C)cc21. The summed E-state index contributed by atoms with van der Waals surface area (Å²) in [6, 6.07) is 6.88. The highest BCUT2D eigenvalue weighted by Crippen LogP contribution is 2.49. The van der Waals surface area contributed by atoms with Crippen molar-refractivity contribution in [3.05, 3.63) is 126 Å². The van der Waals surface area contributed by atoms with Gasteiger partial charge in [0.1, 0.15) is 0 Å². The van der Waals surface area contributed by atoms with Gasteiger partial charge in [-0.05, 0) is 60.3 Å². The van der Waals surface area contributed by atoms with Crippen molar-refractivity contribution in [2.45, 2.75) is 39.7 Å². The summed E-state index contributed by atoms with van der Waals surface area (Å²) in [6.45, 7) is 27.0. The maximum absolute atomic E-state index is 4.43. The van der Waals surface area contributed by atoms with Crippen molar-refractivity contribution < 1.29 is 0 Å². The fourth-order valence-corrected chi connectivity index (χ4v) is 5.03. The lowest BCUT2D eigenvalue weighted by atomic mass is 9.77. The second-order valence-electron chi connectivity index (χ2n) is 9.17. The van der Waals surface area contributed by atoms with Crippen LogP contribution in [0.4, 0.5) is 0 Å². The molecule has 1 heterocycles. The van der Waals surface area contributed by atoms with E-state index in [4.69, 9.17) is 0 Å². The molecular formula is C33H37N. The highest BCUT2D eigenvalue weighted by Gasteiger charge is 2.34. The Morgan fingerprint density at radius 1 is 1.09 bits per heavy atom. The van der Waals surface area contributed by atoms with Gasteiger partial charge in [0.15, 0.2) is 0 Å². The van der Waals surface area contributed by atoms with E-state index in [1.807, 2.05) is 30.4 Å². The molecule has 0 N–H and O–H groups in total. The Balaban J connectivity index is 2.23. The van der Waals surface area contributed by atoms with Gasteiger partial charge in [0.05, 0.1) is 11.6 Å². The van der Waals surface area contributed by atoms with Crippen LogP contribution in [0.25, 0.3) is 29.1 Å². The van der Waals surface area contributed by atoms with Gasteiger partial charge in [-0.2, -0.15) is 0 Å². The molecule has 3 rings (SSSR count). The summed E-state index contributed by atoms with van der Waals surface area (Å²) < 4.78 is 2.37. The molecule has 0 spiro atoms. The molecule has 1 heteroatoms. The number of allylic oxidation sites excluding steroid dienone is 12. The quantitative estimate of drug-likeness (QED) is 0.259. The first-order valence-electron chi connectivity index (χ1n) is 11.9. The highest BCUT2D eigenvalue weighted by atomic mass is 15.0. The van der Waals surface area contributed by atoms with Gasteiger partial charge in [-0.1, -0.05) is 101 Å². The van der Waals surface area contributed by atoms with Gasteiger partial charge < -0.3 is 4.57 Å². The van der Waals surface area contributed by atoms with Gasteiger partial charge in [0, 0.05) is 21.4 Å². The minimum Gasteiger partial charge on any atom is -0.333 e. The third-order valence-corrected chi connectivity index (χ3v) is 6.75. The normalized spacial score (nSPS) is 17.0. The van der Waals surface area contributed by atoms with Crippen LogP contribution < -0.4 is 10.6 Å². The van der Waals surface area contributed by atoms with Crippen molar-refractivity contribution in [3.63, 3.8) is 0 Å². The molecule has 1 nitrogen and oxygen atoms in total. The fourth-order valence-electron chi connectivity index (χ4n) is 5.03. The van der Waals surface area contributed by atoms with Gasteiger partial charge in [0.25, 0.3) is 0 Å². The molecule has 0 saturated heterocycles. The molecule has 1 aromatic carbocycles. The van der Waals surface area contributed by atoms with E-state index in [-0.39, 0.29) is 11.5 Å². The van der Waals surface area contributed by atoms with Crippen LogP contribution in [-0.4, -0.2) is 4.57 Å². The van der Waals surface area contributed by atoms with Crippen molar-refractivity contribution in [1.82, 2.24) is 4.57 Å². The molecule has 0 fully saturated rings. The molecule has 0 saturated carbocycles. The van der Waals surface area contributed by atoms with E-state index < -0.39 is 0 Å². The lowest BCUT2D eigenvalue weighted by Crippen LogP contribution is -2.30. The standard InChI is InChI=1S/C33H37N/c1-9-14-15-16-19-27(13-5)34-31(18-11-3)24(6)28-21-20-26(23-32(28)34)30-22-25(12-4)29(17-10-2)33(30,7)8/h9-15,17-18,20-23,27H,1,3-6,16,19H2,2,7-8H3/b15-14-,17-10-,31-18+. The minimum atomic E-state index is -0.113. The van der Waals surface area contributed by atoms with E-state index in [1.54, 1.807) is 0 Å². The van der Waals surface area contributed by atoms with Gasteiger partial charge in [-0.25, -0.2) is 0 Å². The molecule has 1 unspecified atom stereocenters. The van der Waals surface area contributed by atoms with Crippen LogP contribution in [0, 0.1) is 5.41 Å². The van der Waals surface area contributed by atoms with Crippen LogP contribution in [0.1, 0.15) is 45.2 Å². The maximum Gasteiger partial charge on any atom is 0.0523 e. The summed E-state index contributed by atoms with van der Waals surface area (Å²) in [7, 11) is 0. The Morgan fingerprint density at radius 2 is 1.85 bits per heavy atom. The zero-order valence-corrected chi connectivity index (χ0v) is 21.0. The Kier molecular flexibility index (Phi) is 7.79. The summed E-state index contributed by atoms with van der Waals surface area (Å²) in [4.78, 5) is 0. The predicted molar refractivity (Wildman–Crippen MR) is 153 cm³/mol. The third-order valence-electron chi connectivity index (χ3n) is 6.75. The summed E-state index contributed by atoms with van der Waals surface area (Å²) >= 11 is 0. The molecule has 0 radical (unpaired) electrons. The first-order valence-corrected chi connectivity index (χ1v) is 11.9. The van der Waals surface area contributed by atoms with Crippen LogP contribution in [0.5, 0.6) is 0 Å². The smallest absolute Gasteiger partial charge is 0.0523 e. The van der Waals surface area contributed by atoms with Crippen molar-refractivity contribution in [3.8, 4) is 0 Å². The van der Waals surface area contributed by atoms with Crippen LogP contribution in [0.2, 0.25) is 0 Å². The van der Waals surface area contributed by atoms with Crippen molar-refractivity contribution in [2.24, 2.45) is 5.41 Å². The minimum absolute atomic E-state index is 0.113. The monoisotopic (exact) mass is 447 g/mol. The predicted octanol–water partition coefficient (Wildman–Crippen LogP) is 7.75. The van der Waals surface area contributed by atoms with E-state index >= 15 is 0 Å². The second kappa shape index (κ2) is 10.6. The molecular weight excluding hydrogens is 410 g/mol. The van der Waals surface area contributed by atoms with Crippen LogP contribution in [0.15, 0.2) is 110 Å². The van der Waals surface area contributed by atoms with Gasteiger partial charge in [0.2, 0.25) is 0 Å². The topological polar surface area (TPSA) is 4.93 Å². The van der Waals surface area contributed by atoms with E-state index in [2.05, 4.69) is 107 Å². The zero-order valence-electron chi connectivity index (χ0n) is 21.0. The Labute approximate surface area is 205 Å². The van der Waals surface area contributed by atoms with E-state index in [1.165, 1.54) is 27.8 Å². The van der Waals surface area contributed by atoms with Crippen LogP contribution in [0.3, 0.4) is 0 Å². The summed E-state index contributed by atoms with van der Waals surface area (Å²) in [5, 5.41) is 3.26. The molecule has 1 aliphatic rings. The first kappa shape index (κ1) is 25.1. The number of hydrogen-bond donors (Lipinski definition) is 0. The maximum atomic E-state index is 4.43. The lowest BCUT2D eigenvalue weighted by molar-refractivity contribution is 0.569. The molecule has 34 heavy (non-hydrogen) atoms. The Bertz CT molecular complexity index is 1360. The average molecular weight is 448 g/mol. The summed E-state index contributed by atoms with van der Waals surface area (Å²) in [5.74, 6) is 0. The zero-order chi connectivity index (χ0) is 24.9. The molecule has 1 aromatic heterocycles. The third kappa shape index (κ3) is 4.43. The van der Waals surface area contributed by atoms with E-state index in [0.29, 0.717) is 0 Å². The largest absolute Gasteiger partial charge is 0.333 e. The lowest BCUT2D eigenvalue weighted by Gasteiger charge is -2.26. The summed E-state index contributed by atoms with van der Waals surface area (Å²) in [6.07, 6.45) is 22.3. The van der Waals surface area contributed by atoms with Crippen molar-refractivity contribution in [1.29, 1.82) is 0 Å². The molecule has 0 bridgehead atoms. The van der Waals surface area contributed by atoms with Crippen LogP contribution in [-0.2, 0) is 0 Å². The summed E-state index contributed by atoms with van der Waals surface area (Å²) in [5.41, 5.74) is 6.06. The number of hydrogen-bond acceptors (Lipinski definition) is 0. The number of nitrogens with zero attached hydrogens (tertiary/aromatic N) is 1. The van der Waals surface area contributed by atoms with Crippen molar-refractivity contribution >= 4 is 29.1 Å². The molecule has 0 amide bonds. The van der Waals surface area contributed by atoms with Crippen molar-refractivity contribution in [2.75, 3.05) is 0 Å². The first-order chi connectivity index (χ1) is 16.3. The molecule has 0 aliphatic heterocycles. The second-order valence-corrected chi connectivity index (χ2v) is 9.17. The molecule has 174 valence electrons. The number of rotatable bonds is 10. The number of benzene rings is 1. The van der Waals surface area contributed by atoms with Crippen LogP contribution >= 0.6 is 0 Å². The van der Waals surface area contributed by atoms with Gasteiger partial charge in [-0.15, -0.1) is 6.58 Å². The fraction of sp³-hybridized carbons (Fsp3) is 0.212. The highest BCUT2D eigenvalue weighted by molar-refractivity contribution is 5.89. The molecule has 2 aromatic rings.